The Morgan fingerprint density at radius 1 is 1.17 bits per heavy atom. The molecular weight excluding hydrogens is 250 g/mol. The lowest BCUT2D eigenvalue weighted by Crippen LogP contribution is -2.03. The zero-order valence-electron chi connectivity index (χ0n) is 9.68. The van der Waals surface area contributed by atoms with Gasteiger partial charge in [0.25, 0.3) is 0 Å². The van der Waals surface area contributed by atoms with E-state index in [4.69, 9.17) is 11.6 Å². The molecule has 0 bridgehead atoms. The Balaban J connectivity index is 2.47. The smallest absolute Gasteiger partial charge is 0.193 e. The molecule has 2 aromatic carbocycles. The zero-order valence-corrected chi connectivity index (χ0v) is 10.4. The molecule has 0 aromatic heterocycles. The number of aryl methyl sites for hydroxylation is 1. The number of hydrogen-bond donors (Lipinski definition) is 0. The van der Waals surface area contributed by atoms with Crippen LogP contribution in [0.2, 0.25) is 5.02 Å². The predicted molar refractivity (Wildman–Crippen MR) is 71.5 cm³/mol. The van der Waals surface area contributed by atoms with Crippen molar-refractivity contribution in [3.8, 4) is 0 Å². The van der Waals surface area contributed by atoms with Crippen LogP contribution in [0.25, 0.3) is 0 Å². The molecule has 0 heterocycles. The van der Waals surface area contributed by atoms with E-state index >= 15 is 0 Å². The average molecular weight is 260 g/mol. The van der Waals surface area contributed by atoms with Gasteiger partial charge in [-0.2, -0.15) is 0 Å². The quantitative estimate of drug-likeness (QED) is 0.610. The monoisotopic (exact) mass is 259 g/mol. The van der Waals surface area contributed by atoms with Crippen molar-refractivity contribution in [1.29, 1.82) is 0 Å². The van der Waals surface area contributed by atoms with Crippen molar-refractivity contribution >= 4 is 23.1 Å². The minimum atomic E-state index is -0.144. The van der Waals surface area contributed by atoms with Crippen molar-refractivity contribution in [2.24, 2.45) is 5.18 Å². The summed E-state index contributed by atoms with van der Waals surface area (Å²) in [5.41, 5.74) is 1.98. The molecule has 2 aromatic rings. The van der Waals surface area contributed by atoms with Crippen LogP contribution in [0.4, 0.5) is 5.69 Å². The second-order valence-corrected chi connectivity index (χ2v) is 4.31. The number of nitroso groups, excluding NO2 is 1. The Kier molecular flexibility index (Phi) is 3.53. The van der Waals surface area contributed by atoms with Crippen molar-refractivity contribution in [3.05, 3.63) is 69.1 Å². The van der Waals surface area contributed by atoms with Gasteiger partial charge in [-0.15, -0.1) is 4.91 Å². The summed E-state index contributed by atoms with van der Waals surface area (Å²) < 4.78 is 0. The third kappa shape index (κ3) is 2.31. The molecule has 0 saturated heterocycles. The number of rotatable bonds is 3. The Bertz CT molecular complexity index is 623. The van der Waals surface area contributed by atoms with Crippen LogP contribution in [0.15, 0.2) is 47.6 Å². The fourth-order valence-electron chi connectivity index (χ4n) is 1.71. The van der Waals surface area contributed by atoms with E-state index in [9.17, 15) is 9.70 Å². The van der Waals surface area contributed by atoms with Gasteiger partial charge in [-0.1, -0.05) is 35.9 Å². The van der Waals surface area contributed by atoms with Gasteiger partial charge >= 0.3 is 0 Å². The summed E-state index contributed by atoms with van der Waals surface area (Å²) in [6, 6.07) is 11.8. The summed E-state index contributed by atoms with van der Waals surface area (Å²) >= 11 is 5.77. The SMILES string of the molecule is Cc1ccccc1C(=O)c1ccc(Cl)c(N=O)c1. The average Bonchev–Trinajstić information content (AvgIpc) is 2.39. The lowest BCUT2D eigenvalue weighted by Gasteiger charge is -2.05. The van der Waals surface area contributed by atoms with Crippen molar-refractivity contribution in [1.82, 2.24) is 0 Å². The van der Waals surface area contributed by atoms with E-state index in [1.54, 1.807) is 18.2 Å². The fourth-order valence-corrected chi connectivity index (χ4v) is 1.86. The highest BCUT2D eigenvalue weighted by Crippen LogP contribution is 2.27. The molecule has 3 nitrogen and oxygen atoms in total. The molecule has 0 unspecified atom stereocenters. The van der Waals surface area contributed by atoms with E-state index in [1.807, 2.05) is 19.1 Å². The number of carbonyl (C=O) groups excluding carboxylic acids is 1. The molecular formula is C14H10ClNO2. The van der Waals surface area contributed by atoms with Crippen LogP contribution in [0.3, 0.4) is 0 Å². The zero-order chi connectivity index (χ0) is 13.1. The number of hydrogen-bond acceptors (Lipinski definition) is 3. The van der Waals surface area contributed by atoms with Crippen molar-refractivity contribution in [2.75, 3.05) is 0 Å². The Hall–Kier alpha value is -2.00. The molecule has 0 N–H and O–H groups in total. The number of ketones is 1. The molecule has 0 fully saturated rings. The number of benzene rings is 2. The van der Waals surface area contributed by atoms with Crippen LogP contribution in [-0.4, -0.2) is 5.78 Å². The van der Waals surface area contributed by atoms with E-state index < -0.39 is 0 Å². The summed E-state index contributed by atoms with van der Waals surface area (Å²) in [4.78, 5) is 22.8. The standard InChI is InChI=1S/C14H10ClNO2/c1-9-4-2-3-5-11(9)14(17)10-6-7-12(15)13(8-10)16-18/h2-8H,1H3. The van der Waals surface area contributed by atoms with Gasteiger partial charge in [-0.05, 0) is 35.9 Å². The first-order valence-corrected chi connectivity index (χ1v) is 5.74. The normalized spacial score (nSPS) is 10.1. The Morgan fingerprint density at radius 3 is 2.56 bits per heavy atom. The molecule has 0 saturated carbocycles. The second kappa shape index (κ2) is 5.10. The minimum Gasteiger partial charge on any atom is -0.289 e. The molecule has 2 rings (SSSR count). The van der Waals surface area contributed by atoms with E-state index in [1.165, 1.54) is 12.1 Å². The first-order valence-electron chi connectivity index (χ1n) is 5.36. The molecule has 0 atom stereocenters. The van der Waals surface area contributed by atoms with E-state index in [0.717, 1.165) is 5.56 Å². The summed E-state index contributed by atoms with van der Waals surface area (Å²) in [6.45, 7) is 1.86. The molecule has 0 radical (unpaired) electrons. The van der Waals surface area contributed by atoms with Crippen LogP contribution >= 0.6 is 11.6 Å². The first kappa shape index (κ1) is 12.5. The molecule has 4 heteroatoms. The van der Waals surface area contributed by atoms with Crippen LogP contribution in [-0.2, 0) is 0 Å². The highest BCUT2D eigenvalue weighted by atomic mass is 35.5. The van der Waals surface area contributed by atoms with E-state index in [0.29, 0.717) is 11.1 Å². The van der Waals surface area contributed by atoms with Gasteiger partial charge in [0.2, 0.25) is 0 Å². The van der Waals surface area contributed by atoms with Crippen molar-refractivity contribution in [2.45, 2.75) is 6.92 Å². The van der Waals surface area contributed by atoms with Crippen molar-refractivity contribution in [3.63, 3.8) is 0 Å². The molecule has 0 aliphatic rings. The van der Waals surface area contributed by atoms with E-state index in [-0.39, 0.29) is 16.5 Å². The van der Waals surface area contributed by atoms with Gasteiger partial charge in [0.1, 0.15) is 5.69 Å². The lowest BCUT2D eigenvalue weighted by atomic mass is 9.99. The Labute approximate surface area is 109 Å². The molecule has 0 aliphatic heterocycles. The van der Waals surface area contributed by atoms with Gasteiger partial charge < -0.3 is 0 Å². The van der Waals surface area contributed by atoms with Crippen molar-refractivity contribution < 1.29 is 4.79 Å². The maximum atomic E-state index is 12.3. The van der Waals surface area contributed by atoms with Crippen LogP contribution in [0, 0.1) is 11.8 Å². The number of carbonyl (C=O) groups is 1. The molecule has 0 spiro atoms. The molecule has 0 amide bonds. The van der Waals surface area contributed by atoms with Crippen LogP contribution in [0.1, 0.15) is 21.5 Å². The summed E-state index contributed by atoms with van der Waals surface area (Å²) in [6.07, 6.45) is 0. The fraction of sp³-hybridized carbons (Fsp3) is 0.0714. The van der Waals surface area contributed by atoms with Crippen LogP contribution < -0.4 is 0 Å². The van der Waals surface area contributed by atoms with Crippen LogP contribution in [0.5, 0.6) is 0 Å². The highest BCUT2D eigenvalue weighted by molar-refractivity contribution is 6.33. The molecule has 90 valence electrons. The second-order valence-electron chi connectivity index (χ2n) is 3.90. The van der Waals surface area contributed by atoms with E-state index in [2.05, 4.69) is 5.18 Å². The van der Waals surface area contributed by atoms with Gasteiger partial charge in [0.05, 0.1) is 5.02 Å². The Morgan fingerprint density at radius 2 is 1.89 bits per heavy atom. The summed E-state index contributed by atoms with van der Waals surface area (Å²) in [5.74, 6) is -0.144. The van der Waals surface area contributed by atoms with Gasteiger partial charge in [-0.3, -0.25) is 4.79 Å². The highest BCUT2D eigenvalue weighted by Gasteiger charge is 2.13. The summed E-state index contributed by atoms with van der Waals surface area (Å²) in [7, 11) is 0. The topological polar surface area (TPSA) is 46.5 Å². The third-order valence-corrected chi connectivity index (χ3v) is 3.02. The number of halogens is 1. The largest absolute Gasteiger partial charge is 0.289 e. The van der Waals surface area contributed by atoms with Gasteiger partial charge in [0.15, 0.2) is 5.78 Å². The summed E-state index contributed by atoms with van der Waals surface area (Å²) in [5, 5.41) is 3.04. The molecule has 18 heavy (non-hydrogen) atoms. The maximum Gasteiger partial charge on any atom is 0.193 e. The molecule has 0 aliphatic carbocycles. The maximum absolute atomic E-state index is 12.3. The predicted octanol–water partition coefficient (Wildman–Crippen LogP) is 4.28. The minimum absolute atomic E-state index is 0.0797. The number of nitrogens with zero attached hydrogens (tertiary/aromatic N) is 1. The lowest BCUT2D eigenvalue weighted by molar-refractivity contribution is 0.103. The third-order valence-electron chi connectivity index (χ3n) is 2.70. The first-order chi connectivity index (χ1) is 8.63. The van der Waals surface area contributed by atoms with Gasteiger partial charge in [-0.25, -0.2) is 0 Å². The van der Waals surface area contributed by atoms with Gasteiger partial charge in [0, 0.05) is 11.1 Å².